The normalized spacial score (nSPS) is 10.0. The first kappa shape index (κ1) is 10.7. The molecule has 3 nitrogen and oxygen atoms in total. The van der Waals surface area contributed by atoms with Crippen LogP contribution in [0.4, 0.5) is 0 Å². The third-order valence-corrected chi connectivity index (χ3v) is 2.32. The van der Waals surface area contributed by atoms with Crippen LogP contribution < -0.4 is 5.84 Å². The zero-order valence-corrected chi connectivity index (χ0v) is 8.87. The SMILES string of the molecule is Cc1ccc(CC(=O)N(C)N)cc1C. The van der Waals surface area contributed by atoms with Gasteiger partial charge in [0, 0.05) is 7.05 Å². The smallest absolute Gasteiger partial charge is 0.240 e. The molecule has 1 rings (SSSR count). The van der Waals surface area contributed by atoms with Gasteiger partial charge in [-0.05, 0) is 30.5 Å². The lowest BCUT2D eigenvalue weighted by molar-refractivity contribution is -0.129. The van der Waals surface area contributed by atoms with Crippen LogP contribution in [-0.4, -0.2) is 18.0 Å². The Morgan fingerprint density at radius 2 is 2.00 bits per heavy atom. The van der Waals surface area contributed by atoms with E-state index in [1.807, 2.05) is 25.1 Å². The van der Waals surface area contributed by atoms with E-state index in [-0.39, 0.29) is 5.91 Å². The van der Waals surface area contributed by atoms with Crippen LogP contribution in [0.15, 0.2) is 18.2 Å². The van der Waals surface area contributed by atoms with Crippen molar-refractivity contribution in [2.24, 2.45) is 5.84 Å². The van der Waals surface area contributed by atoms with Crippen molar-refractivity contribution in [1.82, 2.24) is 5.01 Å². The molecular formula is C11H16N2O. The second-order valence-corrected chi connectivity index (χ2v) is 3.60. The van der Waals surface area contributed by atoms with Crippen LogP contribution in [0.2, 0.25) is 0 Å². The van der Waals surface area contributed by atoms with E-state index < -0.39 is 0 Å². The van der Waals surface area contributed by atoms with Gasteiger partial charge in [0.25, 0.3) is 0 Å². The molecule has 1 amide bonds. The van der Waals surface area contributed by atoms with E-state index in [0.717, 1.165) is 10.6 Å². The zero-order chi connectivity index (χ0) is 10.7. The molecule has 1 aromatic carbocycles. The minimum absolute atomic E-state index is 0.0757. The number of aryl methyl sites for hydroxylation is 2. The van der Waals surface area contributed by atoms with Crippen LogP contribution in [0.5, 0.6) is 0 Å². The van der Waals surface area contributed by atoms with Crippen molar-refractivity contribution >= 4 is 5.91 Å². The Bertz CT molecular complexity index is 345. The number of hydrazine groups is 1. The summed E-state index contributed by atoms with van der Waals surface area (Å²) >= 11 is 0. The van der Waals surface area contributed by atoms with Crippen LogP contribution in [0.3, 0.4) is 0 Å². The third kappa shape index (κ3) is 2.57. The lowest BCUT2D eigenvalue weighted by Gasteiger charge is -2.10. The van der Waals surface area contributed by atoms with E-state index in [1.165, 1.54) is 11.1 Å². The van der Waals surface area contributed by atoms with Crippen molar-refractivity contribution in [2.75, 3.05) is 7.05 Å². The molecule has 3 heteroatoms. The van der Waals surface area contributed by atoms with Gasteiger partial charge in [-0.1, -0.05) is 18.2 Å². The fraction of sp³-hybridized carbons (Fsp3) is 0.364. The summed E-state index contributed by atoms with van der Waals surface area (Å²) in [6.07, 6.45) is 0.369. The fourth-order valence-corrected chi connectivity index (χ4v) is 1.21. The Kier molecular flexibility index (Phi) is 3.25. The van der Waals surface area contributed by atoms with Crippen molar-refractivity contribution in [2.45, 2.75) is 20.3 Å². The standard InChI is InChI=1S/C11H16N2O/c1-8-4-5-10(6-9(8)2)7-11(14)13(3)12/h4-6H,7,12H2,1-3H3. The monoisotopic (exact) mass is 192 g/mol. The Balaban J connectivity index is 2.78. The molecule has 0 radical (unpaired) electrons. The molecule has 0 unspecified atom stereocenters. The Hall–Kier alpha value is -1.35. The van der Waals surface area contributed by atoms with Crippen LogP contribution in [0, 0.1) is 13.8 Å². The van der Waals surface area contributed by atoms with Crippen molar-refractivity contribution < 1.29 is 4.79 Å². The molecule has 2 N–H and O–H groups in total. The molecule has 0 atom stereocenters. The number of hydrogen-bond donors (Lipinski definition) is 1. The summed E-state index contributed by atoms with van der Waals surface area (Å²) in [5, 5.41) is 1.12. The van der Waals surface area contributed by atoms with E-state index >= 15 is 0 Å². The molecule has 0 saturated heterocycles. The number of rotatable bonds is 2. The van der Waals surface area contributed by atoms with E-state index in [1.54, 1.807) is 7.05 Å². The van der Waals surface area contributed by atoms with Gasteiger partial charge >= 0.3 is 0 Å². The highest BCUT2D eigenvalue weighted by Crippen LogP contribution is 2.10. The number of nitrogens with zero attached hydrogens (tertiary/aromatic N) is 1. The number of likely N-dealkylation sites (N-methyl/N-ethyl adjacent to an activating group) is 1. The highest BCUT2D eigenvalue weighted by Gasteiger charge is 2.06. The van der Waals surface area contributed by atoms with Crippen molar-refractivity contribution in [3.63, 3.8) is 0 Å². The number of benzene rings is 1. The summed E-state index contributed by atoms with van der Waals surface area (Å²) in [6.45, 7) is 4.09. The van der Waals surface area contributed by atoms with Crippen LogP contribution in [-0.2, 0) is 11.2 Å². The molecule has 0 heterocycles. The summed E-state index contributed by atoms with van der Waals surface area (Å²) < 4.78 is 0. The van der Waals surface area contributed by atoms with Crippen LogP contribution in [0.25, 0.3) is 0 Å². The molecule has 0 saturated carbocycles. The average molecular weight is 192 g/mol. The maximum atomic E-state index is 11.3. The summed E-state index contributed by atoms with van der Waals surface area (Å²) in [7, 11) is 1.56. The first-order valence-corrected chi connectivity index (χ1v) is 4.58. The van der Waals surface area contributed by atoms with E-state index in [2.05, 4.69) is 6.92 Å². The van der Waals surface area contributed by atoms with Gasteiger partial charge in [0.15, 0.2) is 0 Å². The summed E-state index contributed by atoms with van der Waals surface area (Å²) in [6, 6.07) is 6.01. The van der Waals surface area contributed by atoms with Gasteiger partial charge in [-0.2, -0.15) is 0 Å². The molecule has 0 bridgehead atoms. The fourth-order valence-electron chi connectivity index (χ4n) is 1.21. The Morgan fingerprint density at radius 3 is 2.50 bits per heavy atom. The molecular weight excluding hydrogens is 176 g/mol. The predicted molar refractivity (Wildman–Crippen MR) is 56.6 cm³/mol. The quantitative estimate of drug-likeness (QED) is 0.434. The predicted octanol–water partition coefficient (Wildman–Crippen LogP) is 1.18. The lowest BCUT2D eigenvalue weighted by Crippen LogP contribution is -2.34. The summed E-state index contributed by atoms with van der Waals surface area (Å²) in [5.41, 5.74) is 3.45. The van der Waals surface area contributed by atoms with Gasteiger partial charge in [0.1, 0.15) is 0 Å². The van der Waals surface area contributed by atoms with Crippen molar-refractivity contribution in [3.8, 4) is 0 Å². The second kappa shape index (κ2) is 4.24. The maximum Gasteiger partial charge on any atom is 0.240 e. The van der Waals surface area contributed by atoms with E-state index in [9.17, 15) is 4.79 Å². The van der Waals surface area contributed by atoms with Crippen LogP contribution >= 0.6 is 0 Å². The number of carbonyl (C=O) groups is 1. The van der Waals surface area contributed by atoms with Gasteiger partial charge in [0.05, 0.1) is 6.42 Å². The second-order valence-electron chi connectivity index (χ2n) is 3.60. The molecule has 0 aliphatic heterocycles. The lowest BCUT2D eigenvalue weighted by atomic mass is 10.0. The highest BCUT2D eigenvalue weighted by molar-refractivity contribution is 5.77. The average Bonchev–Trinajstić information content (AvgIpc) is 2.11. The van der Waals surface area contributed by atoms with Gasteiger partial charge in [-0.15, -0.1) is 0 Å². The maximum absolute atomic E-state index is 11.3. The largest absolute Gasteiger partial charge is 0.284 e. The van der Waals surface area contributed by atoms with Gasteiger partial charge in [-0.25, -0.2) is 5.84 Å². The minimum Gasteiger partial charge on any atom is -0.284 e. The number of nitrogens with two attached hydrogens (primary N) is 1. The Labute approximate surface area is 84.5 Å². The molecule has 0 fully saturated rings. The van der Waals surface area contributed by atoms with E-state index in [0.29, 0.717) is 6.42 Å². The molecule has 0 aromatic heterocycles. The number of hydrogen-bond acceptors (Lipinski definition) is 2. The third-order valence-electron chi connectivity index (χ3n) is 2.32. The summed E-state index contributed by atoms with van der Waals surface area (Å²) in [4.78, 5) is 11.3. The molecule has 0 aliphatic rings. The zero-order valence-electron chi connectivity index (χ0n) is 8.87. The first-order chi connectivity index (χ1) is 6.50. The summed E-state index contributed by atoms with van der Waals surface area (Å²) in [5.74, 6) is 5.26. The van der Waals surface area contributed by atoms with Gasteiger partial charge in [0.2, 0.25) is 5.91 Å². The minimum atomic E-state index is -0.0757. The van der Waals surface area contributed by atoms with Gasteiger partial charge in [-0.3, -0.25) is 9.80 Å². The number of carbonyl (C=O) groups excluding carboxylic acids is 1. The topological polar surface area (TPSA) is 46.3 Å². The van der Waals surface area contributed by atoms with E-state index in [4.69, 9.17) is 5.84 Å². The number of amides is 1. The first-order valence-electron chi connectivity index (χ1n) is 4.58. The van der Waals surface area contributed by atoms with Crippen LogP contribution in [0.1, 0.15) is 16.7 Å². The molecule has 14 heavy (non-hydrogen) atoms. The molecule has 0 aliphatic carbocycles. The highest BCUT2D eigenvalue weighted by atomic mass is 16.2. The molecule has 0 spiro atoms. The van der Waals surface area contributed by atoms with Crippen molar-refractivity contribution in [3.05, 3.63) is 34.9 Å². The van der Waals surface area contributed by atoms with Gasteiger partial charge < -0.3 is 0 Å². The molecule has 1 aromatic rings. The molecule has 76 valence electrons. The van der Waals surface area contributed by atoms with Crippen molar-refractivity contribution in [1.29, 1.82) is 0 Å². The Morgan fingerprint density at radius 1 is 1.36 bits per heavy atom.